The molecule has 1 heterocycles. The summed E-state index contributed by atoms with van der Waals surface area (Å²) in [5, 5.41) is 6.44. The van der Waals surface area contributed by atoms with Gasteiger partial charge in [-0.05, 0) is 6.26 Å². The second kappa shape index (κ2) is 30.3. The zero-order chi connectivity index (χ0) is 8.24. The van der Waals surface area contributed by atoms with Crippen LogP contribution in [0.1, 0.15) is 15.3 Å². The fourth-order valence-electron chi connectivity index (χ4n) is 0.604. The summed E-state index contributed by atoms with van der Waals surface area (Å²) in [6.45, 7) is 8.56. The van der Waals surface area contributed by atoms with Gasteiger partial charge in [-0.15, -0.1) is 0 Å². The Morgan fingerprint density at radius 3 is 1.08 bits per heavy atom. The predicted octanol–water partition coefficient (Wildman–Crippen LogP) is -0.652. The zero-order valence-electron chi connectivity index (χ0n) is 8.28. The van der Waals surface area contributed by atoms with E-state index in [9.17, 15) is 0 Å². The molecule has 0 aromatic rings. The summed E-state index contributed by atoms with van der Waals surface area (Å²) in [5.74, 6) is 0. The lowest BCUT2D eigenvalue weighted by molar-refractivity contribution is 0.534. The van der Waals surface area contributed by atoms with Crippen molar-refractivity contribution in [1.82, 2.24) is 10.6 Å². The SMILES string of the molecule is C1CNCCN1.CC.CS.O.O.[HH]. The Bertz CT molecular complexity index is 40.0. The molecule has 0 amide bonds. The number of rotatable bonds is 0. The Kier molecular flexibility index (Phi) is 57.5. The zero-order valence-corrected chi connectivity index (χ0v) is 9.17. The quantitative estimate of drug-likeness (QED) is 0.456. The van der Waals surface area contributed by atoms with Crippen molar-refractivity contribution in [3.8, 4) is 0 Å². The van der Waals surface area contributed by atoms with Crippen LogP contribution in [0.3, 0.4) is 0 Å². The van der Waals surface area contributed by atoms with Gasteiger partial charge in [-0.25, -0.2) is 0 Å². The molecule has 4 nitrogen and oxygen atoms in total. The van der Waals surface area contributed by atoms with E-state index >= 15 is 0 Å². The van der Waals surface area contributed by atoms with Crippen LogP contribution in [0, 0.1) is 0 Å². The lowest BCUT2D eigenvalue weighted by Gasteiger charge is -2.11. The van der Waals surface area contributed by atoms with Gasteiger partial charge >= 0.3 is 0 Å². The van der Waals surface area contributed by atoms with E-state index in [-0.39, 0.29) is 12.4 Å². The molecule has 1 rings (SSSR count). The Hall–Kier alpha value is 0.190. The van der Waals surface area contributed by atoms with Gasteiger partial charge < -0.3 is 21.6 Å². The topological polar surface area (TPSA) is 87.1 Å². The summed E-state index contributed by atoms with van der Waals surface area (Å²) < 4.78 is 0. The molecule has 0 unspecified atom stereocenters. The van der Waals surface area contributed by atoms with Gasteiger partial charge in [-0.1, -0.05) is 13.8 Å². The van der Waals surface area contributed by atoms with Gasteiger partial charge in [-0.3, -0.25) is 0 Å². The highest BCUT2D eigenvalue weighted by atomic mass is 32.1. The van der Waals surface area contributed by atoms with E-state index in [1.165, 1.54) is 0 Å². The van der Waals surface area contributed by atoms with Crippen molar-refractivity contribution in [2.24, 2.45) is 0 Å². The smallest absolute Gasteiger partial charge is 0.00772 e. The molecule has 0 spiro atoms. The maximum atomic E-state index is 3.53. The van der Waals surface area contributed by atoms with Crippen molar-refractivity contribution in [2.45, 2.75) is 13.8 Å². The minimum Gasteiger partial charge on any atom is -0.412 e. The van der Waals surface area contributed by atoms with E-state index in [0.29, 0.717) is 0 Å². The van der Waals surface area contributed by atoms with E-state index in [1.807, 2.05) is 13.8 Å². The summed E-state index contributed by atoms with van der Waals surface area (Å²) in [7, 11) is 0. The van der Waals surface area contributed by atoms with Crippen molar-refractivity contribution in [1.29, 1.82) is 0 Å². The minimum atomic E-state index is 0. The Morgan fingerprint density at radius 2 is 1.00 bits per heavy atom. The first-order chi connectivity index (χ1) is 5.00. The highest BCUT2D eigenvalue weighted by Crippen LogP contribution is 1.65. The number of thiol groups is 1. The summed E-state index contributed by atoms with van der Waals surface area (Å²) in [6.07, 6.45) is 1.69. The Morgan fingerprint density at radius 1 is 0.833 bits per heavy atom. The molecule has 1 aliphatic heterocycles. The molecule has 82 valence electrons. The normalized spacial score (nSPS) is 13.0. The van der Waals surface area contributed by atoms with Crippen LogP contribution >= 0.6 is 12.6 Å². The average Bonchev–Trinajstić information content (AvgIpc) is 2.14. The molecule has 12 heavy (non-hydrogen) atoms. The molecule has 0 atom stereocenters. The second-order valence-electron chi connectivity index (χ2n) is 1.50. The molecule has 1 saturated heterocycles. The number of hydrogen-bond donors (Lipinski definition) is 3. The van der Waals surface area contributed by atoms with Crippen molar-refractivity contribution in [3.63, 3.8) is 0 Å². The molecule has 1 fully saturated rings. The number of piperazine rings is 1. The molecule has 0 aliphatic carbocycles. The van der Waals surface area contributed by atoms with Crippen LogP contribution < -0.4 is 10.6 Å². The van der Waals surface area contributed by atoms with Gasteiger partial charge in [0.1, 0.15) is 0 Å². The van der Waals surface area contributed by atoms with Gasteiger partial charge in [0.2, 0.25) is 0 Å². The molecule has 5 heteroatoms. The summed E-state index contributed by atoms with van der Waals surface area (Å²) in [6, 6.07) is 0. The Balaban J connectivity index is -0.0000000277. The summed E-state index contributed by atoms with van der Waals surface area (Å²) >= 11 is 3.53. The molecular weight excluding hydrogens is 176 g/mol. The second-order valence-corrected chi connectivity index (χ2v) is 1.50. The van der Waals surface area contributed by atoms with Crippen molar-refractivity contribution in [3.05, 3.63) is 0 Å². The third kappa shape index (κ3) is 22.5. The number of hydrogen-bond acceptors (Lipinski definition) is 3. The van der Waals surface area contributed by atoms with E-state index < -0.39 is 0 Å². The number of nitrogens with one attached hydrogen (secondary N) is 2. The molecule has 0 bridgehead atoms. The highest BCUT2D eigenvalue weighted by Gasteiger charge is 1.91. The minimum absolute atomic E-state index is 0. The van der Waals surface area contributed by atoms with Gasteiger partial charge in [0, 0.05) is 27.6 Å². The van der Waals surface area contributed by atoms with Crippen LogP contribution in [0.5, 0.6) is 0 Å². The van der Waals surface area contributed by atoms with E-state index in [0.717, 1.165) is 26.2 Å². The standard InChI is InChI=1S/C4H10N2.C2H6.CH4S.2H2O.H2/c1-2-6-4-3-5-1;2*1-2;;;/h5-6H,1-4H2;1-2H3;2H,1H3;2*1H2;1H. The van der Waals surface area contributed by atoms with Crippen LogP contribution in [0.4, 0.5) is 0 Å². The van der Waals surface area contributed by atoms with Crippen LogP contribution in [0.2, 0.25) is 0 Å². The monoisotopic (exact) mass is 202 g/mol. The van der Waals surface area contributed by atoms with Gasteiger partial charge in [-0.2, -0.15) is 12.6 Å². The van der Waals surface area contributed by atoms with Crippen LogP contribution in [0.15, 0.2) is 0 Å². The maximum Gasteiger partial charge on any atom is 0.00772 e. The lowest BCUT2D eigenvalue weighted by atomic mass is 10.4. The van der Waals surface area contributed by atoms with Crippen molar-refractivity contribution >= 4 is 12.6 Å². The van der Waals surface area contributed by atoms with Gasteiger partial charge in [0.25, 0.3) is 0 Å². The Labute approximate surface area is 82.6 Å². The molecule has 0 saturated carbocycles. The first-order valence-electron chi connectivity index (χ1n) is 3.86. The predicted molar refractivity (Wildman–Crippen MR) is 61.3 cm³/mol. The van der Waals surface area contributed by atoms with Gasteiger partial charge in [0.15, 0.2) is 0 Å². The molecule has 1 aliphatic rings. The largest absolute Gasteiger partial charge is 0.412 e. The fraction of sp³-hybridized carbons (Fsp3) is 1.00. The third-order valence-corrected chi connectivity index (χ3v) is 0.957. The molecular formula is C7H26N2O2S. The van der Waals surface area contributed by atoms with E-state index in [4.69, 9.17) is 0 Å². The van der Waals surface area contributed by atoms with E-state index in [2.05, 4.69) is 23.3 Å². The fourth-order valence-corrected chi connectivity index (χ4v) is 0.604. The highest BCUT2D eigenvalue weighted by molar-refractivity contribution is 7.79. The van der Waals surface area contributed by atoms with Gasteiger partial charge in [0.05, 0.1) is 0 Å². The van der Waals surface area contributed by atoms with Crippen LogP contribution in [-0.4, -0.2) is 43.4 Å². The molecule has 0 aromatic heterocycles. The van der Waals surface area contributed by atoms with Crippen molar-refractivity contribution in [2.75, 3.05) is 32.4 Å². The molecule has 0 aromatic carbocycles. The first-order valence-corrected chi connectivity index (χ1v) is 4.76. The average molecular weight is 202 g/mol. The summed E-state index contributed by atoms with van der Waals surface area (Å²) in [4.78, 5) is 0. The first kappa shape index (κ1) is 22.8. The lowest BCUT2D eigenvalue weighted by Crippen LogP contribution is -2.39. The van der Waals surface area contributed by atoms with Crippen molar-refractivity contribution < 1.29 is 12.4 Å². The summed E-state index contributed by atoms with van der Waals surface area (Å²) in [5.41, 5.74) is 0. The third-order valence-electron chi connectivity index (χ3n) is 0.957. The molecule has 0 radical (unpaired) electrons. The van der Waals surface area contributed by atoms with Crippen LogP contribution in [0.25, 0.3) is 0 Å². The maximum absolute atomic E-state index is 3.53. The molecule has 6 N–H and O–H groups in total. The van der Waals surface area contributed by atoms with Crippen LogP contribution in [-0.2, 0) is 0 Å². The van der Waals surface area contributed by atoms with E-state index in [1.54, 1.807) is 6.26 Å².